The molecule has 3 heterocycles. The molecule has 0 saturated carbocycles. The van der Waals surface area contributed by atoms with Gasteiger partial charge in [-0.2, -0.15) is 11.8 Å². The minimum atomic E-state index is -0.565. The molecule has 0 amide bonds. The van der Waals surface area contributed by atoms with E-state index in [-0.39, 0.29) is 5.69 Å². The molecule has 0 radical (unpaired) electrons. The van der Waals surface area contributed by atoms with Crippen molar-refractivity contribution < 1.29 is 8.78 Å². The average Bonchev–Trinajstić information content (AvgIpc) is 2.81. The normalized spacial score (nSPS) is 24.0. The van der Waals surface area contributed by atoms with Crippen LogP contribution in [0.4, 0.5) is 25.8 Å². The Kier molecular flexibility index (Phi) is 4.05. The molecule has 0 spiro atoms. The first kappa shape index (κ1) is 16.4. The van der Waals surface area contributed by atoms with E-state index in [4.69, 9.17) is 0 Å². The van der Waals surface area contributed by atoms with Gasteiger partial charge >= 0.3 is 0 Å². The van der Waals surface area contributed by atoms with Crippen molar-refractivity contribution in [3.8, 4) is 0 Å². The Morgan fingerprint density at radius 1 is 1.19 bits per heavy atom. The Labute approximate surface area is 156 Å². The quantitative estimate of drug-likeness (QED) is 0.824. The maximum Gasteiger partial charge on any atom is 0.149 e. The fraction of sp³-hybridized carbons (Fsp3) is 0.400. The lowest BCUT2D eigenvalue weighted by atomic mass is 9.89. The van der Waals surface area contributed by atoms with Crippen LogP contribution in [0, 0.1) is 11.6 Å². The highest BCUT2D eigenvalue weighted by molar-refractivity contribution is 7.98. The van der Waals surface area contributed by atoms with Crippen LogP contribution in [0.5, 0.6) is 0 Å². The maximum atomic E-state index is 14.1. The second-order valence-corrected chi connectivity index (χ2v) is 8.31. The number of piperidine rings is 1. The van der Waals surface area contributed by atoms with Gasteiger partial charge in [0, 0.05) is 47.9 Å². The summed E-state index contributed by atoms with van der Waals surface area (Å²) in [5.74, 6) is 1.39. The number of thioether (sulfide) groups is 1. The molecule has 3 aliphatic heterocycles. The zero-order valence-electron chi connectivity index (χ0n) is 14.4. The molecule has 2 N–H and O–H groups in total. The van der Waals surface area contributed by atoms with E-state index in [0.29, 0.717) is 12.0 Å². The van der Waals surface area contributed by atoms with Gasteiger partial charge in [-0.25, -0.2) is 8.78 Å². The predicted molar refractivity (Wildman–Crippen MR) is 104 cm³/mol. The monoisotopic (exact) mass is 373 g/mol. The summed E-state index contributed by atoms with van der Waals surface area (Å²) in [5.41, 5.74) is 4.67. The van der Waals surface area contributed by atoms with E-state index in [2.05, 4.69) is 27.7 Å². The van der Waals surface area contributed by atoms with Crippen molar-refractivity contribution in [3.05, 3.63) is 53.1 Å². The van der Waals surface area contributed by atoms with Crippen molar-refractivity contribution in [2.75, 3.05) is 35.6 Å². The average molecular weight is 373 g/mol. The number of hydrogen-bond donors (Lipinski definition) is 2. The Hall–Kier alpha value is -1.79. The maximum absolute atomic E-state index is 14.1. The summed E-state index contributed by atoms with van der Waals surface area (Å²) in [6.07, 6.45) is 1.15. The topological polar surface area (TPSA) is 27.3 Å². The zero-order valence-corrected chi connectivity index (χ0v) is 15.2. The van der Waals surface area contributed by atoms with Gasteiger partial charge in [0.2, 0.25) is 0 Å². The number of benzene rings is 2. The Balaban J connectivity index is 1.59. The molecule has 136 valence electrons. The van der Waals surface area contributed by atoms with E-state index >= 15 is 0 Å². The van der Waals surface area contributed by atoms with Gasteiger partial charge in [-0.15, -0.1) is 0 Å². The molecule has 1 fully saturated rings. The van der Waals surface area contributed by atoms with E-state index < -0.39 is 11.6 Å². The van der Waals surface area contributed by atoms with Gasteiger partial charge in [-0.1, -0.05) is 6.07 Å². The first-order valence-corrected chi connectivity index (χ1v) is 10.3. The SMILES string of the molecule is Fc1cccc(F)c1Nc1cc2c3c(c1)[C@@H]1CNCC[C@@H]1N3CCSC2. The van der Waals surface area contributed by atoms with Crippen molar-refractivity contribution in [1.29, 1.82) is 0 Å². The molecule has 3 nitrogen and oxygen atoms in total. The lowest BCUT2D eigenvalue weighted by Crippen LogP contribution is -2.44. The number of para-hydroxylation sites is 1. The summed E-state index contributed by atoms with van der Waals surface area (Å²) >= 11 is 1.93. The molecule has 5 rings (SSSR count). The number of fused-ring (bicyclic) bond motifs is 3. The van der Waals surface area contributed by atoms with E-state index in [1.807, 2.05) is 11.8 Å². The highest BCUT2D eigenvalue weighted by Gasteiger charge is 2.41. The molecule has 2 aromatic carbocycles. The number of anilines is 3. The number of nitrogens with zero attached hydrogens (tertiary/aromatic N) is 1. The number of nitrogens with one attached hydrogen (secondary N) is 2. The number of hydrogen-bond acceptors (Lipinski definition) is 4. The smallest absolute Gasteiger partial charge is 0.149 e. The van der Waals surface area contributed by atoms with Gasteiger partial charge in [0.15, 0.2) is 0 Å². The first-order valence-electron chi connectivity index (χ1n) is 9.15. The van der Waals surface area contributed by atoms with Crippen LogP contribution >= 0.6 is 11.8 Å². The summed E-state index contributed by atoms with van der Waals surface area (Å²) < 4.78 is 28.1. The highest BCUT2D eigenvalue weighted by Crippen LogP contribution is 2.48. The molecule has 2 aromatic rings. The molecule has 0 bridgehead atoms. The fourth-order valence-corrected chi connectivity index (χ4v) is 5.53. The second kappa shape index (κ2) is 6.43. The third-order valence-corrected chi connectivity index (χ3v) is 6.70. The molecule has 1 saturated heterocycles. The van der Waals surface area contributed by atoms with Crippen molar-refractivity contribution >= 4 is 28.8 Å². The molecule has 2 atom stereocenters. The molecule has 0 unspecified atom stereocenters. The van der Waals surface area contributed by atoms with Crippen LogP contribution in [0.3, 0.4) is 0 Å². The molecule has 0 aliphatic carbocycles. The van der Waals surface area contributed by atoms with Crippen LogP contribution in [0.1, 0.15) is 23.5 Å². The van der Waals surface area contributed by atoms with Gasteiger partial charge in [-0.05, 0) is 48.4 Å². The van der Waals surface area contributed by atoms with E-state index in [9.17, 15) is 8.78 Å². The fourth-order valence-electron chi connectivity index (χ4n) is 4.62. The Morgan fingerprint density at radius 2 is 2.04 bits per heavy atom. The van der Waals surface area contributed by atoms with Crippen molar-refractivity contribution in [1.82, 2.24) is 5.32 Å². The van der Waals surface area contributed by atoms with E-state index in [1.165, 1.54) is 35.0 Å². The Bertz CT molecular complexity index is 837. The van der Waals surface area contributed by atoms with E-state index in [1.54, 1.807) is 0 Å². The van der Waals surface area contributed by atoms with Crippen LogP contribution in [-0.4, -0.2) is 31.4 Å². The van der Waals surface area contributed by atoms with Gasteiger partial charge in [0.25, 0.3) is 0 Å². The number of rotatable bonds is 2. The Morgan fingerprint density at radius 3 is 2.88 bits per heavy atom. The molecule has 0 aromatic heterocycles. The minimum absolute atomic E-state index is 0.0749. The highest BCUT2D eigenvalue weighted by atomic mass is 32.2. The summed E-state index contributed by atoms with van der Waals surface area (Å²) in [5, 5.41) is 6.51. The third kappa shape index (κ3) is 2.58. The van der Waals surface area contributed by atoms with Crippen LogP contribution in [0.15, 0.2) is 30.3 Å². The lowest BCUT2D eigenvalue weighted by Gasteiger charge is -2.33. The molecular formula is C20H21F2N3S. The summed E-state index contributed by atoms with van der Waals surface area (Å²) in [6.45, 7) is 3.11. The van der Waals surface area contributed by atoms with Gasteiger partial charge in [0.05, 0.1) is 0 Å². The first-order chi connectivity index (χ1) is 12.7. The third-order valence-electron chi connectivity index (χ3n) is 5.72. The lowest BCUT2D eigenvalue weighted by molar-refractivity contribution is 0.406. The van der Waals surface area contributed by atoms with Gasteiger partial charge in [0.1, 0.15) is 17.3 Å². The van der Waals surface area contributed by atoms with Crippen LogP contribution in [0.2, 0.25) is 0 Å². The van der Waals surface area contributed by atoms with E-state index in [0.717, 1.165) is 43.2 Å². The van der Waals surface area contributed by atoms with Crippen molar-refractivity contribution in [2.45, 2.75) is 24.1 Å². The standard InChI is InChI=1S/C20H21F2N3S/c21-16-2-1-3-17(22)19(16)24-13-8-12-11-26-7-6-25-18-4-5-23-10-15(18)14(9-13)20(12)25/h1-3,8-9,15,18,23-24H,4-7,10-11H2/t15-,18-/m0/s1. The molecule has 26 heavy (non-hydrogen) atoms. The van der Waals surface area contributed by atoms with Crippen LogP contribution < -0.4 is 15.5 Å². The summed E-state index contributed by atoms with van der Waals surface area (Å²) in [7, 11) is 0. The largest absolute Gasteiger partial charge is 0.367 e. The van der Waals surface area contributed by atoms with Crippen molar-refractivity contribution in [3.63, 3.8) is 0 Å². The minimum Gasteiger partial charge on any atom is -0.367 e. The molecular weight excluding hydrogens is 352 g/mol. The van der Waals surface area contributed by atoms with Crippen LogP contribution in [-0.2, 0) is 5.75 Å². The van der Waals surface area contributed by atoms with Gasteiger partial charge in [-0.3, -0.25) is 0 Å². The summed E-state index contributed by atoms with van der Waals surface area (Å²) in [4.78, 5) is 2.59. The van der Waals surface area contributed by atoms with Crippen LogP contribution in [0.25, 0.3) is 0 Å². The van der Waals surface area contributed by atoms with Gasteiger partial charge < -0.3 is 15.5 Å². The second-order valence-electron chi connectivity index (χ2n) is 7.21. The zero-order chi connectivity index (χ0) is 17.7. The molecule has 3 aliphatic rings. The number of halogens is 2. The van der Waals surface area contributed by atoms with Crippen molar-refractivity contribution in [2.24, 2.45) is 0 Å². The summed E-state index contributed by atoms with van der Waals surface area (Å²) in [6, 6.07) is 8.67. The predicted octanol–water partition coefficient (Wildman–Crippen LogP) is 4.22. The molecule has 6 heteroatoms.